The Balaban J connectivity index is 1.98. The van der Waals surface area contributed by atoms with Gasteiger partial charge >= 0.3 is 11.9 Å². The molecule has 0 amide bonds. The fourth-order valence-electron chi connectivity index (χ4n) is 1.50. The summed E-state index contributed by atoms with van der Waals surface area (Å²) in [5, 5.41) is 0. The van der Waals surface area contributed by atoms with Crippen molar-refractivity contribution in [3.05, 3.63) is 59.7 Å². The Bertz CT molecular complexity index is 598. The zero-order valence-corrected chi connectivity index (χ0v) is 10.4. The van der Waals surface area contributed by atoms with Crippen LogP contribution in [0.3, 0.4) is 0 Å². The lowest BCUT2D eigenvalue weighted by Crippen LogP contribution is -2.12. The molecule has 0 bridgehead atoms. The summed E-state index contributed by atoms with van der Waals surface area (Å²) in [6.45, 7) is 0. The summed E-state index contributed by atoms with van der Waals surface area (Å²) in [6, 6.07) is 12.2. The van der Waals surface area contributed by atoms with Crippen molar-refractivity contribution >= 4 is 23.3 Å². The molecule has 0 saturated carbocycles. The molecule has 2 aromatic rings. The number of nitrogens with two attached hydrogens (primary N) is 2. The molecule has 6 heteroatoms. The van der Waals surface area contributed by atoms with Crippen LogP contribution in [0.4, 0.5) is 11.4 Å². The van der Waals surface area contributed by atoms with Crippen molar-refractivity contribution in [1.29, 1.82) is 0 Å². The van der Waals surface area contributed by atoms with Crippen molar-refractivity contribution in [3.63, 3.8) is 0 Å². The second-order valence-electron chi connectivity index (χ2n) is 3.99. The fourth-order valence-corrected chi connectivity index (χ4v) is 1.50. The largest absolute Gasteiger partial charge is 0.399 e. The van der Waals surface area contributed by atoms with E-state index in [9.17, 15) is 9.59 Å². The maximum Gasteiger partial charge on any atom is 0.386 e. The number of benzene rings is 2. The molecule has 0 aromatic heterocycles. The van der Waals surface area contributed by atoms with E-state index in [0.29, 0.717) is 11.4 Å². The molecule has 0 spiro atoms. The third kappa shape index (κ3) is 3.26. The van der Waals surface area contributed by atoms with E-state index >= 15 is 0 Å². The lowest BCUT2D eigenvalue weighted by Gasteiger charge is -2.04. The molecule has 20 heavy (non-hydrogen) atoms. The molecule has 0 saturated heterocycles. The average molecular weight is 272 g/mol. The molecule has 0 aliphatic heterocycles. The van der Waals surface area contributed by atoms with Crippen LogP contribution in [0, 0.1) is 0 Å². The van der Waals surface area contributed by atoms with Gasteiger partial charge in [-0.05, 0) is 36.4 Å². The Morgan fingerprint density at radius 3 is 1.50 bits per heavy atom. The van der Waals surface area contributed by atoms with Gasteiger partial charge in [0.2, 0.25) is 0 Å². The smallest absolute Gasteiger partial charge is 0.386 e. The van der Waals surface area contributed by atoms with Crippen LogP contribution < -0.4 is 11.5 Å². The van der Waals surface area contributed by atoms with Gasteiger partial charge in [-0.25, -0.2) is 19.4 Å². The molecule has 6 nitrogen and oxygen atoms in total. The standard InChI is InChI=1S/C14H12N2O4/c15-11-5-1-3-9(7-11)13(17)19-20-14(18)10-4-2-6-12(16)8-10/h1-8H,15-16H2. The van der Waals surface area contributed by atoms with E-state index in [1.165, 1.54) is 24.3 Å². The first-order valence-corrected chi connectivity index (χ1v) is 5.70. The van der Waals surface area contributed by atoms with Gasteiger partial charge in [0.25, 0.3) is 0 Å². The van der Waals surface area contributed by atoms with E-state index in [1.807, 2.05) is 0 Å². The number of carbonyl (C=O) groups excluding carboxylic acids is 2. The zero-order valence-electron chi connectivity index (χ0n) is 10.4. The molecule has 0 aliphatic carbocycles. The highest BCUT2D eigenvalue weighted by Gasteiger charge is 2.14. The Morgan fingerprint density at radius 2 is 1.15 bits per heavy atom. The van der Waals surface area contributed by atoms with Crippen molar-refractivity contribution < 1.29 is 19.4 Å². The first-order chi connectivity index (χ1) is 9.56. The monoisotopic (exact) mass is 272 g/mol. The molecule has 0 atom stereocenters. The van der Waals surface area contributed by atoms with E-state index in [0.717, 1.165) is 0 Å². The number of rotatable bonds is 2. The predicted octanol–water partition coefficient (Wildman–Crippen LogP) is 1.78. The average Bonchev–Trinajstić information content (AvgIpc) is 2.44. The highest BCUT2D eigenvalue weighted by atomic mass is 17.2. The number of carbonyl (C=O) groups is 2. The van der Waals surface area contributed by atoms with Crippen molar-refractivity contribution in [2.24, 2.45) is 0 Å². The molecular weight excluding hydrogens is 260 g/mol. The van der Waals surface area contributed by atoms with Crippen LogP contribution in [0.15, 0.2) is 48.5 Å². The normalized spacial score (nSPS) is 9.80. The SMILES string of the molecule is Nc1cccc(C(=O)OOC(=O)c2cccc(N)c2)c1. The molecule has 0 radical (unpaired) electrons. The second-order valence-corrected chi connectivity index (χ2v) is 3.99. The maximum atomic E-state index is 11.6. The summed E-state index contributed by atoms with van der Waals surface area (Å²) in [7, 11) is 0. The van der Waals surface area contributed by atoms with Gasteiger partial charge in [0.05, 0.1) is 11.1 Å². The Hall–Kier alpha value is -3.02. The molecule has 4 N–H and O–H groups in total. The highest BCUT2D eigenvalue weighted by molar-refractivity contribution is 5.93. The van der Waals surface area contributed by atoms with Crippen LogP contribution in [0.1, 0.15) is 20.7 Å². The molecule has 2 aromatic carbocycles. The van der Waals surface area contributed by atoms with Crippen LogP contribution in [-0.4, -0.2) is 11.9 Å². The van der Waals surface area contributed by atoms with E-state index in [4.69, 9.17) is 11.5 Å². The van der Waals surface area contributed by atoms with E-state index in [2.05, 4.69) is 9.78 Å². The quantitative estimate of drug-likeness (QED) is 0.490. The van der Waals surface area contributed by atoms with Gasteiger partial charge in [-0.15, -0.1) is 0 Å². The van der Waals surface area contributed by atoms with Crippen LogP contribution >= 0.6 is 0 Å². The van der Waals surface area contributed by atoms with Gasteiger partial charge in [-0.2, -0.15) is 0 Å². The van der Waals surface area contributed by atoms with Gasteiger partial charge in [0, 0.05) is 11.4 Å². The molecular formula is C14H12N2O4. The first kappa shape index (κ1) is 13.4. The topological polar surface area (TPSA) is 105 Å². The molecule has 0 heterocycles. The third-order valence-corrected chi connectivity index (χ3v) is 2.44. The summed E-state index contributed by atoms with van der Waals surface area (Å²) < 4.78 is 0. The molecule has 102 valence electrons. The molecule has 0 unspecified atom stereocenters. The van der Waals surface area contributed by atoms with Gasteiger partial charge in [0.15, 0.2) is 0 Å². The van der Waals surface area contributed by atoms with E-state index in [1.54, 1.807) is 24.3 Å². The predicted molar refractivity (Wildman–Crippen MR) is 72.5 cm³/mol. The summed E-state index contributed by atoms with van der Waals surface area (Å²) in [6.07, 6.45) is 0. The Labute approximate surface area is 114 Å². The Morgan fingerprint density at radius 1 is 0.750 bits per heavy atom. The number of hydrogen-bond donors (Lipinski definition) is 2. The van der Waals surface area contributed by atoms with Crippen molar-refractivity contribution in [2.75, 3.05) is 11.5 Å². The fraction of sp³-hybridized carbons (Fsp3) is 0. The zero-order chi connectivity index (χ0) is 14.5. The Kier molecular flexibility index (Phi) is 3.85. The van der Waals surface area contributed by atoms with Crippen molar-refractivity contribution in [3.8, 4) is 0 Å². The molecule has 0 fully saturated rings. The first-order valence-electron chi connectivity index (χ1n) is 5.70. The van der Waals surface area contributed by atoms with Gasteiger partial charge in [-0.3, -0.25) is 0 Å². The summed E-state index contributed by atoms with van der Waals surface area (Å²) >= 11 is 0. The number of nitrogen functional groups attached to an aromatic ring is 2. The third-order valence-electron chi connectivity index (χ3n) is 2.44. The van der Waals surface area contributed by atoms with Crippen LogP contribution in [0.25, 0.3) is 0 Å². The van der Waals surface area contributed by atoms with Crippen LogP contribution in [-0.2, 0) is 9.78 Å². The number of hydrogen-bond acceptors (Lipinski definition) is 6. The summed E-state index contributed by atoms with van der Waals surface area (Å²) in [5.41, 5.74) is 12.2. The molecule has 2 rings (SSSR count). The van der Waals surface area contributed by atoms with Crippen LogP contribution in [0.5, 0.6) is 0 Å². The number of anilines is 2. The lowest BCUT2D eigenvalue weighted by molar-refractivity contribution is -0.187. The highest BCUT2D eigenvalue weighted by Crippen LogP contribution is 2.11. The lowest BCUT2D eigenvalue weighted by atomic mass is 10.2. The minimum Gasteiger partial charge on any atom is -0.399 e. The van der Waals surface area contributed by atoms with Crippen molar-refractivity contribution in [2.45, 2.75) is 0 Å². The maximum absolute atomic E-state index is 11.6. The minimum atomic E-state index is -0.811. The van der Waals surface area contributed by atoms with Gasteiger partial charge in [0.1, 0.15) is 0 Å². The summed E-state index contributed by atoms with van der Waals surface area (Å²) in [5.74, 6) is -1.62. The summed E-state index contributed by atoms with van der Waals surface area (Å²) in [4.78, 5) is 32.1. The van der Waals surface area contributed by atoms with Gasteiger partial charge in [-0.1, -0.05) is 12.1 Å². The molecule has 0 aliphatic rings. The minimum absolute atomic E-state index is 0.186. The van der Waals surface area contributed by atoms with E-state index in [-0.39, 0.29) is 11.1 Å². The van der Waals surface area contributed by atoms with Crippen molar-refractivity contribution in [1.82, 2.24) is 0 Å². The van der Waals surface area contributed by atoms with E-state index < -0.39 is 11.9 Å². The second kappa shape index (κ2) is 5.75. The van der Waals surface area contributed by atoms with Gasteiger partial charge < -0.3 is 11.5 Å². The van der Waals surface area contributed by atoms with Crippen LogP contribution in [0.2, 0.25) is 0 Å².